The maximum absolute atomic E-state index is 3.69. The zero-order valence-electron chi connectivity index (χ0n) is 11.4. The molecule has 2 heterocycles. The van der Waals surface area contributed by atoms with Crippen molar-refractivity contribution in [2.24, 2.45) is 0 Å². The van der Waals surface area contributed by atoms with Crippen molar-refractivity contribution in [2.45, 2.75) is 57.2 Å². The minimum atomic E-state index is 0.352. The summed E-state index contributed by atoms with van der Waals surface area (Å²) in [4.78, 5) is 5.48. The lowest BCUT2D eigenvalue weighted by Gasteiger charge is -2.43. The third-order valence-electron chi connectivity index (χ3n) is 5.06. The Kier molecular flexibility index (Phi) is 3.18. The molecule has 1 aliphatic carbocycles. The topological polar surface area (TPSA) is 18.5 Å². The predicted molar refractivity (Wildman–Crippen MR) is 71.3 cm³/mol. The van der Waals surface area contributed by atoms with Crippen LogP contribution in [0.5, 0.6) is 0 Å². The van der Waals surface area contributed by atoms with Gasteiger partial charge in [-0.25, -0.2) is 0 Å². The van der Waals surface area contributed by atoms with Gasteiger partial charge in [0.25, 0.3) is 0 Å². The van der Waals surface area contributed by atoms with Crippen molar-refractivity contribution < 1.29 is 0 Å². The molecular weight excluding hydrogens is 210 g/mol. The second-order valence-corrected chi connectivity index (χ2v) is 6.48. The smallest absolute Gasteiger partial charge is 0.0278 e. The highest BCUT2D eigenvalue weighted by atomic mass is 15.3. The summed E-state index contributed by atoms with van der Waals surface area (Å²) in [6.07, 6.45) is 5.56. The van der Waals surface area contributed by atoms with Crippen LogP contribution in [-0.4, -0.2) is 60.1 Å². The number of nitrogens with zero attached hydrogens (tertiary/aromatic N) is 2. The first-order valence-corrected chi connectivity index (χ1v) is 7.43. The fourth-order valence-electron chi connectivity index (χ4n) is 3.47. The Hall–Kier alpha value is -0.120. The SMILES string of the molecule is CCC1(C)CN(C2CCN(C3CC3)C2)CCN1. The van der Waals surface area contributed by atoms with Gasteiger partial charge >= 0.3 is 0 Å². The lowest BCUT2D eigenvalue weighted by Crippen LogP contribution is -2.60. The van der Waals surface area contributed by atoms with Gasteiger partial charge in [-0.3, -0.25) is 9.80 Å². The molecule has 0 spiro atoms. The lowest BCUT2D eigenvalue weighted by molar-refractivity contribution is 0.0990. The van der Waals surface area contributed by atoms with Gasteiger partial charge in [0.05, 0.1) is 0 Å². The molecule has 98 valence electrons. The van der Waals surface area contributed by atoms with E-state index in [1.165, 1.54) is 58.4 Å². The fourth-order valence-corrected chi connectivity index (χ4v) is 3.47. The molecule has 1 N–H and O–H groups in total. The molecule has 3 fully saturated rings. The second-order valence-electron chi connectivity index (χ2n) is 6.48. The number of piperazine rings is 1. The molecule has 3 nitrogen and oxygen atoms in total. The monoisotopic (exact) mass is 237 g/mol. The van der Waals surface area contributed by atoms with Crippen molar-refractivity contribution in [2.75, 3.05) is 32.7 Å². The molecule has 3 rings (SSSR count). The van der Waals surface area contributed by atoms with Crippen molar-refractivity contribution in [3.63, 3.8) is 0 Å². The van der Waals surface area contributed by atoms with E-state index in [0.717, 1.165) is 12.1 Å². The zero-order valence-corrected chi connectivity index (χ0v) is 11.4. The van der Waals surface area contributed by atoms with Crippen LogP contribution < -0.4 is 5.32 Å². The fraction of sp³-hybridized carbons (Fsp3) is 1.00. The van der Waals surface area contributed by atoms with Gasteiger partial charge < -0.3 is 5.32 Å². The Balaban J connectivity index is 1.57. The average Bonchev–Trinajstić information content (AvgIpc) is 3.07. The molecule has 2 atom stereocenters. The van der Waals surface area contributed by atoms with Crippen LogP contribution in [0.4, 0.5) is 0 Å². The first kappa shape index (κ1) is 11.9. The van der Waals surface area contributed by atoms with E-state index in [-0.39, 0.29) is 0 Å². The van der Waals surface area contributed by atoms with Gasteiger partial charge in [-0.1, -0.05) is 6.92 Å². The first-order chi connectivity index (χ1) is 8.20. The zero-order chi connectivity index (χ0) is 11.9. The molecule has 17 heavy (non-hydrogen) atoms. The first-order valence-electron chi connectivity index (χ1n) is 7.43. The summed E-state index contributed by atoms with van der Waals surface area (Å²) in [6.45, 7) is 11.0. The normalized spacial score (nSPS) is 40.9. The van der Waals surface area contributed by atoms with E-state index in [2.05, 4.69) is 29.0 Å². The Labute approximate surface area is 106 Å². The summed E-state index contributed by atoms with van der Waals surface area (Å²) in [6, 6.07) is 1.80. The number of nitrogens with one attached hydrogen (secondary N) is 1. The summed E-state index contributed by atoms with van der Waals surface area (Å²) in [7, 11) is 0. The van der Waals surface area contributed by atoms with Gasteiger partial charge in [-0.15, -0.1) is 0 Å². The third-order valence-corrected chi connectivity index (χ3v) is 5.06. The van der Waals surface area contributed by atoms with E-state index in [1.54, 1.807) is 0 Å². The minimum Gasteiger partial charge on any atom is -0.309 e. The lowest BCUT2D eigenvalue weighted by atomic mass is 9.95. The van der Waals surface area contributed by atoms with Crippen LogP contribution in [0.25, 0.3) is 0 Å². The van der Waals surface area contributed by atoms with E-state index >= 15 is 0 Å². The number of hydrogen-bond donors (Lipinski definition) is 1. The molecule has 0 aromatic carbocycles. The van der Waals surface area contributed by atoms with Crippen molar-refractivity contribution >= 4 is 0 Å². The molecule has 3 aliphatic rings. The molecule has 0 aromatic rings. The maximum atomic E-state index is 3.69. The highest BCUT2D eigenvalue weighted by molar-refractivity contribution is 4.97. The standard InChI is InChI=1S/C14H27N3/c1-3-14(2)11-17(9-7-15-14)13-6-8-16(10-13)12-4-5-12/h12-13,15H,3-11H2,1-2H3. The highest BCUT2D eigenvalue weighted by Gasteiger charge is 2.39. The van der Waals surface area contributed by atoms with Crippen molar-refractivity contribution in [3.05, 3.63) is 0 Å². The Morgan fingerprint density at radius 2 is 1.94 bits per heavy atom. The van der Waals surface area contributed by atoms with Crippen LogP contribution in [0.1, 0.15) is 39.5 Å². The quantitative estimate of drug-likeness (QED) is 0.798. The molecular formula is C14H27N3. The van der Waals surface area contributed by atoms with E-state index in [1.807, 2.05) is 0 Å². The van der Waals surface area contributed by atoms with Crippen molar-refractivity contribution in [3.8, 4) is 0 Å². The van der Waals surface area contributed by atoms with E-state index in [0.29, 0.717) is 5.54 Å². The average molecular weight is 237 g/mol. The maximum Gasteiger partial charge on any atom is 0.0278 e. The third kappa shape index (κ3) is 2.51. The molecule has 0 radical (unpaired) electrons. The number of hydrogen-bond acceptors (Lipinski definition) is 3. The van der Waals surface area contributed by atoms with Crippen LogP contribution in [0.2, 0.25) is 0 Å². The van der Waals surface area contributed by atoms with Crippen LogP contribution in [0.3, 0.4) is 0 Å². The van der Waals surface area contributed by atoms with E-state index in [4.69, 9.17) is 0 Å². The Morgan fingerprint density at radius 1 is 1.12 bits per heavy atom. The minimum absolute atomic E-state index is 0.352. The summed E-state index contributed by atoms with van der Waals surface area (Å²) in [5, 5.41) is 3.69. The molecule has 0 amide bonds. The summed E-state index contributed by atoms with van der Waals surface area (Å²) in [5.41, 5.74) is 0.352. The Morgan fingerprint density at radius 3 is 2.65 bits per heavy atom. The highest BCUT2D eigenvalue weighted by Crippen LogP contribution is 2.31. The van der Waals surface area contributed by atoms with E-state index < -0.39 is 0 Å². The predicted octanol–water partition coefficient (Wildman–Crippen LogP) is 1.30. The van der Waals surface area contributed by atoms with Crippen LogP contribution >= 0.6 is 0 Å². The van der Waals surface area contributed by atoms with Crippen LogP contribution in [-0.2, 0) is 0 Å². The molecule has 0 aromatic heterocycles. The largest absolute Gasteiger partial charge is 0.309 e. The molecule has 2 saturated heterocycles. The molecule has 3 heteroatoms. The van der Waals surface area contributed by atoms with Gasteiger partial charge in [0.2, 0.25) is 0 Å². The Bertz CT molecular complexity index is 277. The number of rotatable bonds is 3. The molecule has 0 bridgehead atoms. The second kappa shape index (κ2) is 4.52. The van der Waals surface area contributed by atoms with Gasteiger partial charge in [-0.05, 0) is 32.6 Å². The molecule has 2 unspecified atom stereocenters. The van der Waals surface area contributed by atoms with Crippen LogP contribution in [0, 0.1) is 0 Å². The van der Waals surface area contributed by atoms with Crippen molar-refractivity contribution in [1.29, 1.82) is 0 Å². The van der Waals surface area contributed by atoms with Gasteiger partial charge in [-0.2, -0.15) is 0 Å². The molecule has 1 saturated carbocycles. The van der Waals surface area contributed by atoms with Gasteiger partial charge in [0.1, 0.15) is 0 Å². The summed E-state index contributed by atoms with van der Waals surface area (Å²) >= 11 is 0. The summed E-state index contributed by atoms with van der Waals surface area (Å²) in [5.74, 6) is 0. The van der Waals surface area contributed by atoms with Crippen molar-refractivity contribution in [1.82, 2.24) is 15.1 Å². The van der Waals surface area contributed by atoms with Gasteiger partial charge in [0, 0.05) is 50.3 Å². The van der Waals surface area contributed by atoms with E-state index in [9.17, 15) is 0 Å². The summed E-state index contributed by atoms with van der Waals surface area (Å²) < 4.78 is 0. The van der Waals surface area contributed by atoms with Crippen LogP contribution in [0.15, 0.2) is 0 Å². The van der Waals surface area contributed by atoms with Gasteiger partial charge in [0.15, 0.2) is 0 Å². The number of likely N-dealkylation sites (tertiary alicyclic amines) is 1. The molecule has 2 aliphatic heterocycles.